The Hall–Kier alpha value is -2.13. The summed E-state index contributed by atoms with van der Waals surface area (Å²) in [6.07, 6.45) is -3.79. The van der Waals surface area contributed by atoms with E-state index in [-0.39, 0.29) is 35.4 Å². The van der Waals surface area contributed by atoms with Crippen LogP contribution >= 0.6 is 19.1 Å². The van der Waals surface area contributed by atoms with Crippen molar-refractivity contribution < 1.29 is 36.5 Å². The fraction of sp³-hybridized carbons (Fsp3) is 0.368. The minimum atomic E-state index is -4.58. The Bertz CT molecular complexity index is 987. The molecule has 2 rings (SSSR count). The summed E-state index contributed by atoms with van der Waals surface area (Å²) in [4.78, 5) is 16.2. The number of pyridine rings is 1. The Balaban J connectivity index is 2.16. The van der Waals surface area contributed by atoms with Gasteiger partial charge in [-0.2, -0.15) is 13.2 Å². The van der Waals surface area contributed by atoms with Crippen LogP contribution in [0.5, 0.6) is 17.4 Å². The summed E-state index contributed by atoms with van der Waals surface area (Å²) in [6.45, 7) is 4.68. The third kappa shape index (κ3) is 6.20. The van der Waals surface area contributed by atoms with Gasteiger partial charge in [0.1, 0.15) is 16.5 Å². The topological polar surface area (TPSA) is 101 Å². The quantitative estimate of drug-likeness (QED) is 0.452. The van der Waals surface area contributed by atoms with Crippen LogP contribution in [0.3, 0.4) is 0 Å². The largest absolute Gasteiger partial charge is 0.479 e. The summed E-state index contributed by atoms with van der Waals surface area (Å²) in [5.74, 6) is 0.246. The van der Waals surface area contributed by atoms with Crippen LogP contribution < -0.4 is 15.0 Å². The molecule has 2 aromatic rings. The van der Waals surface area contributed by atoms with Gasteiger partial charge in [-0.3, -0.25) is 14.9 Å². The van der Waals surface area contributed by atoms with Crippen LogP contribution in [0.2, 0.25) is 5.02 Å². The second kappa shape index (κ2) is 9.56. The molecule has 0 saturated heterocycles. The van der Waals surface area contributed by atoms with Crippen LogP contribution in [-0.4, -0.2) is 22.7 Å². The molecule has 1 aromatic carbocycles. The molecule has 1 aromatic heterocycles. The highest BCUT2D eigenvalue weighted by atomic mass is 35.5. The molecule has 7 nitrogen and oxygen atoms in total. The smallest absolute Gasteiger partial charge is 0.417 e. The van der Waals surface area contributed by atoms with Gasteiger partial charge in [0, 0.05) is 6.20 Å². The highest BCUT2D eigenvalue weighted by molar-refractivity contribution is 7.74. The van der Waals surface area contributed by atoms with Gasteiger partial charge in [-0.25, -0.2) is 4.98 Å². The number of aromatic nitrogens is 1. The maximum absolute atomic E-state index is 12.7. The van der Waals surface area contributed by atoms with Crippen molar-refractivity contribution in [2.45, 2.75) is 39.0 Å². The number of ether oxygens (including phenoxy) is 2. The monoisotopic (exact) mass is 480 g/mol. The number of halogens is 4. The maximum atomic E-state index is 12.7. The number of nitrogens with two attached hydrogens (primary N) is 1. The molecular formula is C19H21ClF3N2O5P. The molecule has 12 heteroatoms. The van der Waals surface area contributed by atoms with Gasteiger partial charge >= 0.3 is 13.7 Å². The summed E-state index contributed by atoms with van der Waals surface area (Å²) in [7, 11) is -4.03. The molecule has 0 radical (unpaired) electrons. The van der Waals surface area contributed by atoms with E-state index in [1.165, 1.54) is 31.2 Å². The summed E-state index contributed by atoms with van der Waals surface area (Å²) >= 11 is 5.83. The second-order valence-corrected chi connectivity index (χ2v) is 8.85. The van der Waals surface area contributed by atoms with Gasteiger partial charge in [-0.05, 0) is 50.6 Å². The fourth-order valence-corrected chi connectivity index (χ4v) is 4.02. The molecule has 31 heavy (non-hydrogen) atoms. The van der Waals surface area contributed by atoms with E-state index >= 15 is 0 Å². The first-order valence-electron chi connectivity index (χ1n) is 9.10. The number of carbonyl (C=O) groups excluding carboxylic acids is 1. The van der Waals surface area contributed by atoms with Crippen LogP contribution in [0.25, 0.3) is 0 Å². The van der Waals surface area contributed by atoms with Crippen LogP contribution in [0.1, 0.15) is 32.8 Å². The normalized spacial score (nSPS) is 15.6. The predicted octanol–water partition coefficient (Wildman–Crippen LogP) is 5.81. The van der Waals surface area contributed by atoms with Gasteiger partial charge in [0.2, 0.25) is 5.88 Å². The number of nitrogens with zero attached hydrogens (tertiary/aromatic N) is 1. The lowest BCUT2D eigenvalue weighted by molar-refractivity contribution is -0.137. The van der Waals surface area contributed by atoms with Crippen molar-refractivity contribution >= 4 is 24.6 Å². The highest BCUT2D eigenvalue weighted by Crippen LogP contribution is 2.45. The van der Waals surface area contributed by atoms with E-state index < -0.39 is 30.4 Å². The molecule has 170 valence electrons. The van der Waals surface area contributed by atoms with Crippen LogP contribution in [0.15, 0.2) is 36.5 Å². The number of rotatable bonds is 9. The Morgan fingerprint density at radius 2 is 1.77 bits per heavy atom. The van der Waals surface area contributed by atoms with E-state index in [2.05, 4.69) is 4.98 Å². The zero-order valence-electron chi connectivity index (χ0n) is 16.9. The van der Waals surface area contributed by atoms with Gasteiger partial charge in [-0.1, -0.05) is 18.5 Å². The summed E-state index contributed by atoms with van der Waals surface area (Å²) in [5, 5.41) is -0.311. The molecule has 0 aliphatic rings. The van der Waals surface area contributed by atoms with E-state index in [1.807, 2.05) is 0 Å². The molecule has 0 amide bonds. The van der Waals surface area contributed by atoms with Gasteiger partial charge in [0.15, 0.2) is 5.60 Å². The van der Waals surface area contributed by atoms with Crippen molar-refractivity contribution in [1.82, 2.24) is 4.98 Å². The molecule has 2 unspecified atom stereocenters. The lowest BCUT2D eigenvalue weighted by Gasteiger charge is -2.29. The van der Waals surface area contributed by atoms with E-state index in [1.54, 1.807) is 13.8 Å². The lowest BCUT2D eigenvalue weighted by atomic mass is 10.1. The molecule has 0 aliphatic carbocycles. The van der Waals surface area contributed by atoms with Gasteiger partial charge in [0.25, 0.3) is 5.52 Å². The molecule has 1 heterocycles. The molecule has 2 N–H and O–H groups in total. The van der Waals surface area contributed by atoms with E-state index in [0.29, 0.717) is 12.3 Å². The lowest BCUT2D eigenvalue weighted by Crippen LogP contribution is -2.42. The van der Waals surface area contributed by atoms with Gasteiger partial charge < -0.3 is 14.0 Å². The third-order valence-electron chi connectivity index (χ3n) is 4.25. The fourth-order valence-electron chi connectivity index (χ4n) is 2.45. The van der Waals surface area contributed by atoms with E-state index in [0.717, 1.165) is 0 Å². The van der Waals surface area contributed by atoms with Crippen molar-refractivity contribution in [2.24, 2.45) is 5.50 Å². The Morgan fingerprint density at radius 3 is 2.26 bits per heavy atom. The Labute approximate surface area is 182 Å². The molecule has 0 bridgehead atoms. The first-order valence-corrected chi connectivity index (χ1v) is 11.2. The predicted molar refractivity (Wildman–Crippen MR) is 109 cm³/mol. The standard InChI is InChI=1S/C19H21ClF3N2O5P/c1-4-18(3,17(26)31(24,27)28-5-2)30-14-8-6-13(7-9-14)29-16-15(20)10-12(11-25-16)19(21,22)23/h6-11H,4-5H2,1-3H3,(H2,24,27). The summed E-state index contributed by atoms with van der Waals surface area (Å²) in [6, 6.07) is 6.50. The first-order chi connectivity index (χ1) is 14.3. The van der Waals surface area contributed by atoms with Gasteiger partial charge in [0.05, 0.1) is 12.2 Å². The first kappa shape index (κ1) is 25.1. The number of hydrogen-bond acceptors (Lipinski definition) is 6. The molecule has 0 saturated carbocycles. The third-order valence-corrected chi connectivity index (χ3v) is 6.20. The zero-order valence-corrected chi connectivity index (χ0v) is 18.6. The van der Waals surface area contributed by atoms with Crippen LogP contribution in [0.4, 0.5) is 13.2 Å². The Kier molecular flexibility index (Phi) is 7.75. The van der Waals surface area contributed by atoms with Crippen molar-refractivity contribution in [3.63, 3.8) is 0 Å². The van der Waals surface area contributed by atoms with Crippen molar-refractivity contribution in [3.8, 4) is 17.4 Å². The zero-order chi connectivity index (χ0) is 23.4. The van der Waals surface area contributed by atoms with Crippen molar-refractivity contribution in [2.75, 3.05) is 6.61 Å². The molecule has 2 atom stereocenters. The maximum Gasteiger partial charge on any atom is 0.417 e. The highest BCUT2D eigenvalue weighted by Gasteiger charge is 2.45. The minimum absolute atomic E-state index is 0.00585. The van der Waals surface area contributed by atoms with E-state index in [9.17, 15) is 22.5 Å². The molecule has 0 spiro atoms. The minimum Gasteiger partial charge on any atom is -0.479 e. The average molecular weight is 481 g/mol. The number of benzene rings is 1. The van der Waals surface area contributed by atoms with Crippen LogP contribution in [0, 0.1) is 0 Å². The average Bonchev–Trinajstić information content (AvgIpc) is 2.69. The van der Waals surface area contributed by atoms with Crippen molar-refractivity contribution in [3.05, 3.63) is 47.1 Å². The number of hydrogen-bond donors (Lipinski definition) is 1. The molecule has 0 aliphatic heterocycles. The summed E-state index contributed by atoms with van der Waals surface area (Å²) in [5.41, 5.74) is 2.19. The second-order valence-electron chi connectivity index (χ2n) is 6.59. The number of alkyl halides is 3. The Morgan fingerprint density at radius 1 is 1.19 bits per heavy atom. The van der Waals surface area contributed by atoms with E-state index in [4.69, 9.17) is 31.1 Å². The molecule has 0 fully saturated rings. The van der Waals surface area contributed by atoms with Crippen molar-refractivity contribution in [1.29, 1.82) is 0 Å². The number of carbonyl (C=O) groups is 1. The van der Waals surface area contributed by atoms with Gasteiger partial charge in [-0.15, -0.1) is 0 Å². The van der Waals surface area contributed by atoms with Crippen LogP contribution in [-0.2, 0) is 20.1 Å². The summed E-state index contributed by atoms with van der Waals surface area (Å²) < 4.78 is 66.4. The SMILES string of the molecule is CCOP(N)(=O)C(=O)C(C)(CC)Oc1ccc(Oc2ncc(C(F)(F)F)cc2Cl)cc1. The molecular weight excluding hydrogens is 460 g/mol.